The number of rotatable bonds is 4. The molecule has 6 heteroatoms. The molecule has 5 aliphatic carbocycles. The molecule has 1 N–H and O–H groups in total. The molecule has 1 heterocycles. The van der Waals surface area contributed by atoms with E-state index in [1.54, 1.807) is 6.20 Å². The zero-order chi connectivity index (χ0) is 28.9. The van der Waals surface area contributed by atoms with E-state index in [0.717, 1.165) is 34.6 Å². The number of carboxylic acid groups (broad SMARTS) is 1. The average Bonchev–Trinajstić information content (AvgIpc) is 3.50. The third kappa shape index (κ3) is 3.65. The zero-order valence-electron chi connectivity index (χ0n) is 26.1. The predicted octanol–water partition coefficient (Wildman–Crippen LogP) is 8.19. The first-order valence-electron chi connectivity index (χ1n) is 16.0. The van der Waals surface area contributed by atoms with Gasteiger partial charge in [-0.1, -0.05) is 53.3 Å². The largest absolute Gasteiger partial charge is 0.463 e. The van der Waals surface area contributed by atoms with Crippen molar-refractivity contribution in [2.75, 3.05) is 13.7 Å². The van der Waals surface area contributed by atoms with Crippen molar-refractivity contribution in [2.45, 2.75) is 112 Å². The maximum atomic E-state index is 11.5. The molecule has 0 unspecified atom stereocenters. The second-order valence-corrected chi connectivity index (χ2v) is 16.4. The van der Waals surface area contributed by atoms with Crippen LogP contribution in [0.1, 0.15) is 117 Å². The number of carbonyl (C=O) groups is 1. The summed E-state index contributed by atoms with van der Waals surface area (Å²) in [6.07, 6.45) is 13.5. The van der Waals surface area contributed by atoms with Crippen LogP contribution in [0, 0.1) is 56.7 Å². The van der Waals surface area contributed by atoms with Gasteiger partial charge in [0.05, 0.1) is 18.5 Å². The standard InChI is InChI=1S/C34H53N3O3/c1-21(20-40-8)22-11-14-31(4)17-18-33(6)24(28(22)31)9-10-27-32(5)15-12-23(25-19-37(29(38)39)36-35-25)30(2,3)26(32)13-16-34(27,33)7/h19,22-24,26-28H,1,9-18,20H2,2-8H3,(H,38,39)/t22-,23+,24+,26-,27+,28+,31+,32-,33+,34+/m0/s1. The van der Waals surface area contributed by atoms with Gasteiger partial charge >= 0.3 is 6.09 Å². The van der Waals surface area contributed by atoms with Crippen molar-refractivity contribution < 1.29 is 14.6 Å². The quantitative estimate of drug-likeness (QED) is 0.382. The molecule has 0 bridgehead atoms. The summed E-state index contributed by atoms with van der Waals surface area (Å²) in [7, 11) is 1.82. The number of nitrogens with zero attached hydrogens (tertiary/aromatic N) is 3. The van der Waals surface area contributed by atoms with E-state index in [9.17, 15) is 9.90 Å². The van der Waals surface area contributed by atoms with Gasteiger partial charge in [-0.2, -0.15) is 4.68 Å². The Hall–Kier alpha value is -1.69. The van der Waals surface area contributed by atoms with E-state index in [0.29, 0.717) is 40.1 Å². The summed E-state index contributed by atoms with van der Waals surface area (Å²) >= 11 is 0. The Morgan fingerprint density at radius 3 is 2.40 bits per heavy atom. The molecule has 0 amide bonds. The fourth-order valence-electron chi connectivity index (χ4n) is 12.8. The maximum Gasteiger partial charge on any atom is 0.433 e. The number of fused-ring (bicyclic) bond motifs is 7. The predicted molar refractivity (Wildman–Crippen MR) is 157 cm³/mol. The highest BCUT2D eigenvalue weighted by Crippen LogP contribution is 2.78. The van der Waals surface area contributed by atoms with Crippen molar-refractivity contribution in [2.24, 2.45) is 56.7 Å². The Morgan fingerprint density at radius 1 is 0.975 bits per heavy atom. The van der Waals surface area contributed by atoms with Gasteiger partial charge in [-0.3, -0.25) is 0 Å². The van der Waals surface area contributed by atoms with E-state index in [4.69, 9.17) is 4.74 Å². The van der Waals surface area contributed by atoms with Gasteiger partial charge in [0.2, 0.25) is 0 Å². The number of aromatic nitrogens is 3. The van der Waals surface area contributed by atoms with Crippen LogP contribution in [0.4, 0.5) is 4.79 Å². The number of methoxy groups -OCH3 is 1. The molecule has 1 aromatic rings. The number of hydrogen-bond donors (Lipinski definition) is 1. The molecule has 0 spiro atoms. The highest BCUT2D eigenvalue weighted by molar-refractivity contribution is 5.66. The number of ether oxygens (including phenoxy) is 1. The molecule has 222 valence electrons. The lowest BCUT2D eigenvalue weighted by atomic mass is 9.32. The van der Waals surface area contributed by atoms with Crippen LogP contribution in [-0.4, -0.2) is 39.9 Å². The van der Waals surface area contributed by atoms with Crippen molar-refractivity contribution in [3.8, 4) is 0 Å². The smallest absolute Gasteiger partial charge is 0.433 e. The van der Waals surface area contributed by atoms with Crippen LogP contribution in [0.5, 0.6) is 0 Å². The average molecular weight is 552 g/mol. The summed E-state index contributed by atoms with van der Waals surface area (Å²) < 4.78 is 6.58. The van der Waals surface area contributed by atoms with Gasteiger partial charge in [0.15, 0.2) is 0 Å². The van der Waals surface area contributed by atoms with Gasteiger partial charge in [0.1, 0.15) is 0 Å². The fraction of sp³-hybridized carbons (Fsp3) is 0.853. The molecule has 6 nitrogen and oxygen atoms in total. The SMILES string of the molecule is C=C(COC)[C@@H]1CC[C@]2(C)CC[C@]3(C)[C@H](CC[C@@H]4[C@@]5(C)CC[C@H](c6cn(C(=O)O)nn6)C(C)(C)[C@@H]5CC[C@]43C)[C@@H]12. The minimum Gasteiger partial charge on any atom is -0.463 e. The molecule has 1 aromatic heterocycles. The van der Waals surface area contributed by atoms with Gasteiger partial charge in [-0.15, -0.1) is 5.10 Å². The van der Waals surface area contributed by atoms with Crippen LogP contribution in [-0.2, 0) is 4.74 Å². The summed E-state index contributed by atoms with van der Waals surface area (Å²) in [5, 5.41) is 17.7. The highest BCUT2D eigenvalue weighted by Gasteiger charge is 2.70. The molecular weight excluding hydrogens is 498 g/mol. The summed E-state index contributed by atoms with van der Waals surface area (Å²) in [5.74, 6) is 3.68. The highest BCUT2D eigenvalue weighted by atomic mass is 16.5. The van der Waals surface area contributed by atoms with Gasteiger partial charge in [0, 0.05) is 13.0 Å². The van der Waals surface area contributed by atoms with Crippen LogP contribution >= 0.6 is 0 Å². The molecule has 6 rings (SSSR count). The molecule has 5 fully saturated rings. The Labute approximate surface area is 241 Å². The molecule has 0 saturated heterocycles. The van der Waals surface area contributed by atoms with Crippen LogP contribution in [0.25, 0.3) is 0 Å². The van der Waals surface area contributed by atoms with Crippen molar-refractivity contribution >= 4 is 6.09 Å². The topological polar surface area (TPSA) is 77.2 Å². The van der Waals surface area contributed by atoms with Crippen LogP contribution in [0.3, 0.4) is 0 Å². The minimum atomic E-state index is -1.06. The maximum absolute atomic E-state index is 11.5. The minimum absolute atomic E-state index is 0.0467. The molecule has 0 aliphatic heterocycles. The Kier molecular flexibility index (Phi) is 6.51. The van der Waals surface area contributed by atoms with Crippen molar-refractivity contribution in [1.29, 1.82) is 0 Å². The van der Waals surface area contributed by atoms with E-state index < -0.39 is 6.09 Å². The van der Waals surface area contributed by atoms with E-state index in [-0.39, 0.29) is 11.3 Å². The first-order valence-corrected chi connectivity index (χ1v) is 16.0. The lowest BCUT2D eigenvalue weighted by molar-refractivity contribution is -0.237. The molecule has 0 aromatic carbocycles. The van der Waals surface area contributed by atoms with Gasteiger partial charge in [-0.05, 0) is 126 Å². The first-order chi connectivity index (χ1) is 18.7. The molecule has 0 radical (unpaired) electrons. The second-order valence-electron chi connectivity index (χ2n) is 16.4. The third-order valence-corrected chi connectivity index (χ3v) is 14.8. The second kappa shape index (κ2) is 9.15. The first kappa shape index (κ1) is 28.4. The lowest BCUT2D eigenvalue weighted by Crippen LogP contribution is -2.65. The molecule has 5 aliphatic rings. The molecule has 5 saturated carbocycles. The van der Waals surface area contributed by atoms with E-state index in [2.05, 4.69) is 58.4 Å². The van der Waals surface area contributed by atoms with Crippen LogP contribution in [0.15, 0.2) is 18.3 Å². The van der Waals surface area contributed by atoms with Crippen molar-refractivity contribution in [1.82, 2.24) is 15.0 Å². The van der Waals surface area contributed by atoms with Gasteiger partial charge in [-0.25, -0.2) is 4.79 Å². The summed E-state index contributed by atoms with van der Waals surface area (Å²) in [6, 6.07) is 0. The monoisotopic (exact) mass is 551 g/mol. The van der Waals surface area contributed by atoms with Crippen molar-refractivity contribution in [3.63, 3.8) is 0 Å². The normalized spacial score (nSPS) is 47.5. The van der Waals surface area contributed by atoms with Crippen LogP contribution < -0.4 is 0 Å². The Balaban J connectivity index is 1.32. The fourth-order valence-corrected chi connectivity index (χ4v) is 12.8. The summed E-state index contributed by atoms with van der Waals surface area (Å²) in [5.41, 5.74) is 3.67. The Bertz CT molecular complexity index is 1190. The van der Waals surface area contributed by atoms with E-state index >= 15 is 0 Å². The zero-order valence-corrected chi connectivity index (χ0v) is 26.1. The number of hydrogen-bond acceptors (Lipinski definition) is 4. The third-order valence-electron chi connectivity index (χ3n) is 14.8. The molecule has 40 heavy (non-hydrogen) atoms. The van der Waals surface area contributed by atoms with Gasteiger partial charge < -0.3 is 9.84 Å². The Morgan fingerprint density at radius 2 is 1.73 bits per heavy atom. The van der Waals surface area contributed by atoms with Crippen LogP contribution in [0.2, 0.25) is 0 Å². The summed E-state index contributed by atoms with van der Waals surface area (Å²) in [6.45, 7) is 20.8. The summed E-state index contributed by atoms with van der Waals surface area (Å²) in [4.78, 5) is 11.5. The lowest BCUT2D eigenvalue weighted by Gasteiger charge is -2.73. The van der Waals surface area contributed by atoms with E-state index in [1.165, 1.54) is 63.4 Å². The molecule has 10 atom stereocenters. The molecular formula is C34H53N3O3. The van der Waals surface area contributed by atoms with Gasteiger partial charge in [0.25, 0.3) is 0 Å². The van der Waals surface area contributed by atoms with E-state index in [1.807, 2.05) is 7.11 Å². The van der Waals surface area contributed by atoms with Crippen molar-refractivity contribution in [3.05, 3.63) is 24.0 Å².